The minimum Gasteiger partial charge on any atom is -0.493 e. The number of aliphatic hydroxyl groups is 1. The third-order valence-corrected chi connectivity index (χ3v) is 4.60. The maximum atomic E-state index is 12.4. The van der Waals surface area contributed by atoms with E-state index in [1.807, 2.05) is 18.2 Å². The smallest absolute Gasteiger partial charge is 0.360 e. The predicted molar refractivity (Wildman–Crippen MR) is 109 cm³/mol. The average Bonchev–Trinajstić information content (AvgIpc) is 3.12. The highest BCUT2D eigenvalue weighted by Gasteiger charge is 2.23. The minimum atomic E-state index is -0.678. The third kappa shape index (κ3) is 3.57. The monoisotopic (exact) mass is 412 g/mol. The molecule has 0 unspecified atom stereocenters. The lowest BCUT2D eigenvalue weighted by Crippen LogP contribution is -2.12. The molecule has 2 aromatic carbocycles. The van der Waals surface area contributed by atoms with Gasteiger partial charge in [-0.15, -0.1) is 0 Å². The topological polar surface area (TPSA) is 93.7 Å². The Balaban J connectivity index is 1.89. The molecule has 0 aliphatic rings. The van der Waals surface area contributed by atoms with Crippen LogP contribution in [0.15, 0.2) is 48.7 Å². The first-order valence-corrected chi connectivity index (χ1v) is 9.19. The van der Waals surface area contributed by atoms with Crippen LogP contribution < -0.4 is 9.47 Å². The number of esters is 1. The highest BCUT2D eigenvalue weighted by molar-refractivity contribution is 6.30. The number of nitrogens with one attached hydrogen (secondary N) is 1. The van der Waals surface area contributed by atoms with Crippen molar-refractivity contribution in [1.82, 2.24) is 9.97 Å². The number of hydrogen-bond donors (Lipinski definition) is 2. The summed E-state index contributed by atoms with van der Waals surface area (Å²) in [5.41, 5.74) is 1.51. The summed E-state index contributed by atoms with van der Waals surface area (Å²) in [6, 6.07) is 12.6. The Morgan fingerprint density at radius 3 is 2.66 bits per heavy atom. The van der Waals surface area contributed by atoms with E-state index in [2.05, 4.69) is 9.97 Å². The van der Waals surface area contributed by atoms with E-state index in [1.54, 1.807) is 30.5 Å². The second-order valence-electron chi connectivity index (χ2n) is 6.15. The summed E-state index contributed by atoms with van der Waals surface area (Å²) in [4.78, 5) is 19.8. The molecule has 0 spiro atoms. The molecule has 4 aromatic rings. The number of pyridine rings is 1. The molecule has 0 bridgehead atoms. The van der Waals surface area contributed by atoms with Crippen molar-refractivity contribution in [2.45, 2.75) is 0 Å². The molecule has 8 heteroatoms. The van der Waals surface area contributed by atoms with Crippen molar-refractivity contribution in [1.29, 1.82) is 0 Å². The number of ether oxygens (including phenoxy) is 3. The molecule has 148 valence electrons. The number of rotatable bonds is 6. The number of aromatic nitrogens is 2. The summed E-state index contributed by atoms with van der Waals surface area (Å²) in [6.07, 6.45) is 1.54. The normalized spacial score (nSPS) is 11.0. The molecular weight excluding hydrogens is 396 g/mol. The molecule has 2 N–H and O–H groups in total. The number of aromatic amines is 1. The van der Waals surface area contributed by atoms with Gasteiger partial charge in [0.05, 0.1) is 41.7 Å². The van der Waals surface area contributed by atoms with Crippen LogP contribution >= 0.6 is 11.6 Å². The minimum absolute atomic E-state index is 0.0237. The standard InChI is InChI=1S/C21H17ClN2O5/c1-27-20-18-15(11-23-19(20)21(26)28-10-9-25)24-14-3-2-4-16(17(14)18)29-13-7-5-12(22)6-8-13/h2-8,11,24-25H,9-10H2,1H3. The maximum Gasteiger partial charge on any atom is 0.360 e. The zero-order valence-electron chi connectivity index (χ0n) is 15.4. The van der Waals surface area contributed by atoms with Crippen LogP contribution in [-0.4, -0.2) is 41.4 Å². The van der Waals surface area contributed by atoms with Crippen LogP contribution in [0.1, 0.15) is 10.5 Å². The quantitative estimate of drug-likeness (QED) is 0.458. The van der Waals surface area contributed by atoms with Crippen molar-refractivity contribution in [3.05, 3.63) is 59.4 Å². The first kappa shape index (κ1) is 19.0. The molecule has 2 aromatic heterocycles. The Kier molecular flexibility index (Phi) is 5.24. The van der Waals surface area contributed by atoms with Crippen molar-refractivity contribution >= 4 is 39.4 Å². The molecule has 0 aliphatic carbocycles. The summed E-state index contributed by atoms with van der Waals surface area (Å²) in [5, 5.41) is 10.9. The highest BCUT2D eigenvalue weighted by Crippen LogP contribution is 2.41. The van der Waals surface area contributed by atoms with Crippen molar-refractivity contribution in [2.24, 2.45) is 0 Å². The van der Waals surface area contributed by atoms with Gasteiger partial charge in [0.25, 0.3) is 0 Å². The summed E-state index contributed by atoms with van der Waals surface area (Å²) in [5.74, 6) is 0.786. The fraction of sp³-hybridized carbons (Fsp3) is 0.143. The molecule has 0 atom stereocenters. The summed E-state index contributed by atoms with van der Waals surface area (Å²) >= 11 is 5.95. The summed E-state index contributed by atoms with van der Waals surface area (Å²) in [7, 11) is 1.46. The first-order chi connectivity index (χ1) is 14.1. The van der Waals surface area contributed by atoms with Crippen molar-refractivity contribution in [3.8, 4) is 17.2 Å². The second-order valence-corrected chi connectivity index (χ2v) is 6.58. The van der Waals surface area contributed by atoms with Crippen LogP contribution in [0.4, 0.5) is 0 Å². The predicted octanol–water partition coefficient (Wildman–Crippen LogP) is 4.32. The molecule has 4 rings (SSSR count). The van der Waals surface area contributed by atoms with E-state index in [9.17, 15) is 4.79 Å². The average molecular weight is 413 g/mol. The number of fused-ring (bicyclic) bond motifs is 3. The van der Waals surface area contributed by atoms with Gasteiger partial charge in [0.2, 0.25) is 0 Å². The van der Waals surface area contributed by atoms with E-state index >= 15 is 0 Å². The number of halogens is 1. The van der Waals surface area contributed by atoms with Gasteiger partial charge >= 0.3 is 5.97 Å². The van der Waals surface area contributed by atoms with Gasteiger partial charge in [-0.2, -0.15) is 0 Å². The highest BCUT2D eigenvalue weighted by atomic mass is 35.5. The third-order valence-electron chi connectivity index (χ3n) is 4.34. The number of H-pyrrole nitrogens is 1. The van der Waals surface area contributed by atoms with E-state index < -0.39 is 5.97 Å². The van der Waals surface area contributed by atoms with Gasteiger partial charge in [-0.3, -0.25) is 0 Å². The number of benzene rings is 2. The van der Waals surface area contributed by atoms with Crippen molar-refractivity contribution < 1.29 is 24.1 Å². The number of carbonyl (C=O) groups excluding carboxylic acids is 1. The number of methoxy groups -OCH3 is 1. The van der Waals surface area contributed by atoms with Gasteiger partial charge in [-0.1, -0.05) is 17.7 Å². The Labute approximate surface area is 170 Å². The fourth-order valence-corrected chi connectivity index (χ4v) is 3.27. The zero-order valence-corrected chi connectivity index (χ0v) is 16.2. The molecular formula is C21H17ClN2O5. The van der Waals surface area contributed by atoms with Gasteiger partial charge in [-0.25, -0.2) is 9.78 Å². The fourth-order valence-electron chi connectivity index (χ4n) is 3.14. The lowest BCUT2D eigenvalue weighted by molar-refractivity contribution is 0.0423. The molecule has 2 heterocycles. The largest absolute Gasteiger partial charge is 0.493 e. The van der Waals surface area contributed by atoms with E-state index in [-0.39, 0.29) is 24.7 Å². The zero-order chi connectivity index (χ0) is 20.4. The van der Waals surface area contributed by atoms with Crippen LogP contribution in [-0.2, 0) is 4.74 Å². The molecule has 7 nitrogen and oxygen atoms in total. The molecule has 0 radical (unpaired) electrons. The number of hydrogen-bond acceptors (Lipinski definition) is 6. The SMILES string of the molecule is COc1c(C(=O)OCCO)ncc2[nH]c3cccc(Oc4ccc(Cl)cc4)c3c12. The maximum absolute atomic E-state index is 12.4. The molecule has 0 fully saturated rings. The molecule has 0 saturated heterocycles. The Morgan fingerprint density at radius 1 is 1.14 bits per heavy atom. The van der Waals surface area contributed by atoms with Gasteiger partial charge in [0.1, 0.15) is 18.1 Å². The number of aliphatic hydroxyl groups excluding tert-OH is 1. The second kappa shape index (κ2) is 7.98. The number of carbonyl (C=O) groups is 1. The summed E-state index contributed by atoms with van der Waals surface area (Å²) in [6.45, 7) is -0.400. The molecule has 0 aliphatic heterocycles. The Bertz CT molecular complexity index is 1190. The first-order valence-electron chi connectivity index (χ1n) is 8.81. The lowest BCUT2D eigenvalue weighted by Gasteiger charge is -2.11. The summed E-state index contributed by atoms with van der Waals surface area (Å²) < 4.78 is 16.6. The van der Waals surface area contributed by atoms with Crippen LogP contribution in [0.5, 0.6) is 17.2 Å². The van der Waals surface area contributed by atoms with Crippen LogP contribution in [0.2, 0.25) is 5.02 Å². The Hall–Kier alpha value is -3.29. The van der Waals surface area contributed by atoms with Crippen LogP contribution in [0.25, 0.3) is 21.8 Å². The van der Waals surface area contributed by atoms with Crippen molar-refractivity contribution in [2.75, 3.05) is 20.3 Å². The van der Waals surface area contributed by atoms with E-state index in [1.165, 1.54) is 7.11 Å². The van der Waals surface area contributed by atoms with Crippen LogP contribution in [0, 0.1) is 0 Å². The number of nitrogens with zero attached hydrogens (tertiary/aromatic N) is 1. The van der Waals surface area contributed by atoms with Gasteiger partial charge in [0, 0.05) is 5.02 Å². The van der Waals surface area contributed by atoms with E-state index in [0.717, 1.165) is 10.9 Å². The molecule has 29 heavy (non-hydrogen) atoms. The van der Waals surface area contributed by atoms with Gasteiger partial charge < -0.3 is 24.3 Å². The van der Waals surface area contributed by atoms with Crippen molar-refractivity contribution in [3.63, 3.8) is 0 Å². The molecule has 0 amide bonds. The van der Waals surface area contributed by atoms with Gasteiger partial charge in [-0.05, 0) is 36.4 Å². The van der Waals surface area contributed by atoms with E-state index in [4.69, 9.17) is 30.9 Å². The molecule has 0 saturated carbocycles. The Morgan fingerprint density at radius 2 is 1.93 bits per heavy atom. The van der Waals surface area contributed by atoms with E-state index in [0.29, 0.717) is 27.4 Å². The lowest BCUT2D eigenvalue weighted by atomic mass is 10.1. The van der Waals surface area contributed by atoms with Crippen LogP contribution in [0.3, 0.4) is 0 Å². The van der Waals surface area contributed by atoms with Gasteiger partial charge in [0.15, 0.2) is 11.4 Å².